The lowest BCUT2D eigenvalue weighted by Gasteiger charge is -2.31. The molecule has 0 spiro atoms. The summed E-state index contributed by atoms with van der Waals surface area (Å²) >= 11 is 0. The van der Waals surface area contributed by atoms with E-state index in [1.165, 1.54) is 0 Å². The van der Waals surface area contributed by atoms with Gasteiger partial charge in [-0.05, 0) is 50.3 Å². The fourth-order valence-corrected chi connectivity index (χ4v) is 4.47. The van der Waals surface area contributed by atoms with E-state index in [4.69, 9.17) is 9.72 Å². The zero-order valence-electron chi connectivity index (χ0n) is 19.8. The van der Waals surface area contributed by atoms with Crippen LogP contribution in [-0.4, -0.2) is 43.2 Å². The van der Waals surface area contributed by atoms with E-state index < -0.39 is 6.10 Å². The molecule has 1 aromatic heterocycles. The Hall–Kier alpha value is -3.28. The van der Waals surface area contributed by atoms with Gasteiger partial charge in [-0.3, -0.25) is 4.79 Å². The van der Waals surface area contributed by atoms with Crippen LogP contribution >= 0.6 is 0 Å². The van der Waals surface area contributed by atoms with Crippen molar-refractivity contribution < 1.29 is 9.53 Å². The van der Waals surface area contributed by atoms with Gasteiger partial charge in [0, 0.05) is 43.3 Å². The second kappa shape index (κ2) is 10.6. The van der Waals surface area contributed by atoms with Crippen LogP contribution in [0.15, 0.2) is 60.7 Å². The molecule has 174 valence electrons. The van der Waals surface area contributed by atoms with E-state index in [1.54, 1.807) is 0 Å². The van der Waals surface area contributed by atoms with Crippen LogP contribution in [0, 0.1) is 0 Å². The molecular weight excluding hydrogens is 412 g/mol. The highest BCUT2D eigenvalue weighted by Gasteiger charge is 2.26. The smallest absolute Gasteiger partial charge is 0.261 e. The summed E-state index contributed by atoms with van der Waals surface area (Å²) in [6, 6.07) is 20.5. The number of hydrogen-bond donors (Lipinski definition) is 2. The van der Waals surface area contributed by atoms with E-state index in [0.717, 1.165) is 53.8 Å². The molecule has 1 aliphatic carbocycles. The molecule has 1 saturated carbocycles. The zero-order valence-corrected chi connectivity index (χ0v) is 19.8. The fraction of sp³-hybridized carbons (Fsp3) is 0.407. The van der Waals surface area contributed by atoms with Crippen molar-refractivity contribution in [2.24, 2.45) is 0 Å². The topological polar surface area (TPSA) is 66.5 Å². The first kappa shape index (κ1) is 22.9. The summed E-state index contributed by atoms with van der Waals surface area (Å²) in [4.78, 5) is 19.7. The normalized spacial score (nSPS) is 19.0. The summed E-state index contributed by atoms with van der Waals surface area (Å²) in [5.74, 6) is 1.61. The Balaban J connectivity index is 1.32. The molecule has 0 radical (unpaired) electrons. The molecule has 33 heavy (non-hydrogen) atoms. The van der Waals surface area contributed by atoms with Crippen molar-refractivity contribution in [2.75, 3.05) is 24.3 Å². The van der Waals surface area contributed by atoms with Crippen molar-refractivity contribution in [2.45, 2.75) is 57.2 Å². The number of anilines is 2. The number of para-hydroxylation sites is 2. The molecular formula is C27H34N4O2. The van der Waals surface area contributed by atoms with Gasteiger partial charge in [0.25, 0.3) is 5.91 Å². The molecule has 0 saturated heterocycles. The molecule has 6 heteroatoms. The van der Waals surface area contributed by atoms with E-state index in [2.05, 4.69) is 47.8 Å². The minimum Gasteiger partial charge on any atom is -0.481 e. The molecule has 3 aromatic rings. The minimum atomic E-state index is -0.463. The van der Waals surface area contributed by atoms with Crippen LogP contribution in [0.3, 0.4) is 0 Å². The first-order chi connectivity index (χ1) is 16.0. The zero-order chi connectivity index (χ0) is 23.2. The molecule has 1 fully saturated rings. The average Bonchev–Trinajstić information content (AvgIpc) is 2.83. The molecule has 4 rings (SSSR count). The van der Waals surface area contributed by atoms with Gasteiger partial charge in [-0.15, -0.1) is 0 Å². The highest BCUT2D eigenvalue weighted by molar-refractivity contribution is 5.93. The van der Waals surface area contributed by atoms with Crippen LogP contribution in [0.1, 0.15) is 39.0 Å². The first-order valence-electron chi connectivity index (χ1n) is 11.9. The van der Waals surface area contributed by atoms with Crippen LogP contribution in [0.4, 0.5) is 11.5 Å². The van der Waals surface area contributed by atoms with E-state index >= 15 is 0 Å². The summed E-state index contributed by atoms with van der Waals surface area (Å²) < 4.78 is 5.90. The Morgan fingerprint density at radius 3 is 2.39 bits per heavy atom. The Morgan fingerprint density at radius 2 is 1.70 bits per heavy atom. The number of pyridine rings is 1. The number of carbonyl (C=O) groups is 1. The highest BCUT2D eigenvalue weighted by Crippen LogP contribution is 2.29. The second-order valence-corrected chi connectivity index (χ2v) is 8.97. The number of fused-ring (bicyclic) bond motifs is 1. The molecule has 1 heterocycles. The van der Waals surface area contributed by atoms with Crippen molar-refractivity contribution in [1.29, 1.82) is 0 Å². The van der Waals surface area contributed by atoms with E-state index in [1.807, 2.05) is 49.4 Å². The molecule has 6 nitrogen and oxygen atoms in total. The molecule has 1 amide bonds. The molecule has 0 bridgehead atoms. The van der Waals surface area contributed by atoms with Crippen LogP contribution < -0.4 is 20.3 Å². The van der Waals surface area contributed by atoms with Gasteiger partial charge in [0.2, 0.25) is 0 Å². The summed E-state index contributed by atoms with van der Waals surface area (Å²) in [5, 5.41) is 8.00. The lowest BCUT2D eigenvalue weighted by atomic mass is 9.91. The lowest BCUT2D eigenvalue weighted by molar-refractivity contribution is -0.129. The largest absolute Gasteiger partial charge is 0.481 e. The van der Waals surface area contributed by atoms with E-state index in [-0.39, 0.29) is 11.9 Å². The predicted molar refractivity (Wildman–Crippen MR) is 135 cm³/mol. The van der Waals surface area contributed by atoms with Crippen LogP contribution in [-0.2, 0) is 4.79 Å². The maximum Gasteiger partial charge on any atom is 0.261 e. The monoisotopic (exact) mass is 446 g/mol. The number of nitrogens with one attached hydrogen (secondary N) is 2. The van der Waals surface area contributed by atoms with Gasteiger partial charge in [-0.2, -0.15) is 0 Å². The number of aromatic nitrogens is 1. The third kappa shape index (κ3) is 5.75. The Bertz CT molecular complexity index is 1060. The third-order valence-corrected chi connectivity index (χ3v) is 6.29. The summed E-state index contributed by atoms with van der Waals surface area (Å²) in [6.07, 6.45) is 4.05. The van der Waals surface area contributed by atoms with Crippen molar-refractivity contribution in [1.82, 2.24) is 10.3 Å². The Kier molecular flexibility index (Phi) is 7.33. The number of rotatable bonds is 8. The third-order valence-electron chi connectivity index (χ3n) is 6.29. The predicted octanol–water partition coefficient (Wildman–Crippen LogP) is 5.00. The van der Waals surface area contributed by atoms with Crippen molar-refractivity contribution in [3.8, 4) is 5.75 Å². The SMILES string of the molecule is CCC(Oc1ccccc1)C(=O)N[C@H]1CC[C@@H](Nc2cc(N(C)C)c3ccccc3n2)CC1. The van der Waals surface area contributed by atoms with Crippen LogP contribution in [0.25, 0.3) is 10.9 Å². The van der Waals surface area contributed by atoms with Gasteiger partial charge in [-0.1, -0.05) is 43.3 Å². The van der Waals surface area contributed by atoms with E-state index in [9.17, 15) is 4.79 Å². The number of hydrogen-bond acceptors (Lipinski definition) is 5. The van der Waals surface area contributed by atoms with Crippen molar-refractivity contribution in [3.05, 3.63) is 60.7 Å². The number of nitrogens with zero attached hydrogens (tertiary/aromatic N) is 2. The number of carbonyl (C=O) groups excluding carboxylic acids is 1. The van der Waals surface area contributed by atoms with Crippen LogP contribution in [0.2, 0.25) is 0 Å². The summed E-state index contributed by atoms with van der Waals surface area (Å²) in [6.45, 7) is 1.98. The number of amides is 1. The molecule has 2 aromatic carbocycles. The van der Waals surface area contributed by atoms with E-state index in [0.29, 0.717) is 12.5 Å². The molecule has 0 aliphatic heterocycles. The quantitative estimate of drug-likeness (QED) is 0.510. The van der Waals surface area contributed by atoms with Gasteiger partial charge in [0.05, 0.1) is 5.52 Å². The summed E-state index contributed by atoms with van der Waals surface area (Å²) in [5.41, 5.74) is 2.16. The fourth-order valence-electron chi connectivity index (χ4n) is 4.47. The molecule has 1 unspecified atom stereocenters. The first-order valence-corrected chi connectivity index (χ1v) is 11.9. The average molecular weight is 447 g/mol. The maximum absolute atomic E-state index is 12.8. The number of benzene rings is 2. The van der Waals surface area contributed by atoms with Crippen molar-refractivity contribution in [3.63, 3.8) is 0 Å². The van der Waals surface area contributed by atoms with Crippen LogP contribution in [0.5, 0.6) is 5.75 Å². The van der Waals surface area contributed by atoms with Gasteiger partial charge < -0.3 is 20.3 Å². The standard InChI is InChI=1S/C27H34N4O2/c1-4-25(33-21-10-6-5-7-11-21)27(32)29-20-16-14-19(15-17-20)28-26-18-24(31(2)3)22-12-8-9-13-23(22)30-26/h5-13,18-20,25H,4,14-17H2,1-3H3,(H,28,30)(H,29,32)/t19-,20+,25?. The summed E-state index contributed by atoms with van der Waals surface area (Å²) in [7, 11) is 4.12. The van der Waals surface area contributed by atoms with Gasteiger partial charge >= 0.3 is 0 Å². The highest BCUT2D eigenvalue weighted by atomic mass is 16.5. The van der Waals surface area contributed by atoms with Crippen molar-refractivity contribution >= 4 is 28.3 Å². The maximum atomic E-state index is 12.8. The molecule has 2 N–H and O–H groups in total. The Labute approximate surface area is 196 Å². The van der Waals surface area contributed by atoms with Gasteiger partial charge in [0.1, 0.15) is 11.6 Å². The van der Waals surface area contributed by atoms with Gasteiger partial charge in [-0.25, -0.2) is 4.98 Å². The van der Waals surface area contributed by atoms with Gasteiger partial charge in [0.15, 0.2) is 6.10 Å². The lowest BCUT2D eigenvalue weighted by Crippen LogP contribution is -2.46. The number of ether oxygens (including phenoxy) is 1. The molecule has 1 atom stereocenters. The second-order valence-electron chi connectivity index (χ2n) is 8.97. The molecule has 1 aliphatic rings. The Morgan fingerprint density at radius 1 is 1.03 bits per heavy atom. The minimum absolute atomic E-state index is 0.0235.